The molecule has 0 radical (unpaired) electrons. The number of methoxy groups -OCH3 is 1. The maximum atomic E-state index is 13.1. The summed E-state index contributed by atoms with van der Waals surface area (Å²) in [5, 5.41) is 2.97. The molecule has 7 heteroatoms. The molecule has 2 unspecified atom stereocenters. The fourth-order valence-electron chi connectivity index (χ4n) is 4.39. The summed E-state index contributed by atoms with van der Waals surface area (Å²) in [6, 6.07) is 16.3. The number of ether oxygens (including phenoxy) is 1. The minimum Gasteiger partial charge on any atom is -0.497 e. The second-order valence-corrected chi connectivity index (χ2v) is 8.39. The van der Waals surface area contributed by atoms with Gasteiger partial charge in [-0.25, -0.2) is 0 Å². The summed E-state index contributed by atoms with van der Waals surface area (Å²) in [6.07, 6.45) is 2.55. The largest absolute Gasteiger partial charge is 0.497 e. The molecule has 7 nitrogen and oxygen atoms in total. The maximum Gasteiger partial charge on any atom is 0.245 e. The van der Waals surface area contributed by atoms with Crippen LogP contribution in [0.1, 0.15) is 24.8 Å². The summed E-state index contributed by atoms with van der Waals surface area (Å²) < 4.78 is 5.17. The molecule has 2 heterocycles. The van der Waals surface area contributed by atoms with Gasteiger partial charge in [-0.3, -0.25) is 14.4 Å². The number of nitrogens with zero attached hydrogens (tertiary/aromatic N) is 2. The number of nitrogens with one attached hydrogen (secondary N) is 1. The first-order chi connectivity index (χ1) is 15.5. The second kappa shape index (κ2) is 9.85. The third-order valence-corrected chi connectivity index (χ3v) is 6.19. The van der Waals surface area contributed by atoms with Gasteiger partial charge in [-0.05, 0) is 42.7 Å². The molecular weight excluding hydrogens is 406 g/mol. The van der Waals surface area contributed by atoms with Crippen molar-refractivity contribution in [2.75, 3.05) is 31.6 Å². The van der Waals surface area contributed by atoms with Crippen molar-refractivity contribution in [1.82, 2.24) is 10.2 Å². The number of amides is 3. The molecule has 2 fully saturated rings. The van der Waals surface area contributed by atoms with Gasteiger partial charge < -0.3 is 19.9 Å². The van der Waals surface area contributed by atoms with Gasteiger partial charge in [-0.2, -0.15) is 0 Å². The molecule has 3 amide bonds. The highest BCUT2D eigenvalue weighted by Gasteiger charge is 2.37. The molecule has 0 saturated carbocycles. The molecule has 2 atom stereocenters. The van der Waals surface area contributed by atoms with Crippen molar-refractivity contribution in [3.63, 3.8) is 0 Å². The van der Waals surface area contributed by atoms with Gasteiger partial charge in [0.2, 0.25) is 17.7 Å². The average molecular weight is 436 g/mol. The summed E-state index contributed by atoms with van der Waals surface area (Å²) in [5.74, 6) is -0.173. The van der Waals surface area contributed by atoms with Crippen LogP contribution in [0.15, 0.2) is 54.6 Å². The predicted molar refractivity (Wildman–Crippen MR) is 121 cm³/mol. The van der Waals surface area contributed by atoms with E-state index in [1.807, 2.05) is 47.4 Å². The minimum absolute atomic E-state index is 0.0453. The van der Waals surface area contributed by atoms with Crippen molar-refractivity contribution in [2.45, 2.75) is 31.7 Å². The molecule has 32 heavy (non-hydrogen) atoms. The zero-order valence-corrected chi connectivity index (χ0v) is 18.3. The SMILES string of the molecule is COc1ccc(N2CC(C(=O)NC(Cc3ccccc3)C(=O)N3CCCC3)CC2=O)cc1. The maximum absolute atomic E-state index is 13.1. The van der Waals surface area contributed by atoms with E-state index in [0.717, 1.165) is 37.2 Å². The van der Waals surface area contributed by atoms with Gasteiger partial charge in [0.25, 0.3) is 0 Å². The third kappa shape index (κ3) is 4.93. The summed E-state index contributed by atoms with van der Waals surface area (Å²) in [5.41, 5.74) is 1.73. The summed E-state index contributed by atoms with van der Waals surface area (Å²) >= 11 is 0. The number of hydrogen-bond acceptors (Lipinski definition) is 4. The number of carbonyl (C=O) groups is 3. The Kier molecular flexibility index (Phi) is 6.73. The lowest BCUT2D eigenvalue weighted by atomic mass is 10.0. The number of carbonyl (C=O) groups excluding carboxylic acids is 3. The van der Waals surface area contributed by atoms with Crippen LogP contribution in [0.3, 0.4) is 0 Å². The Labute approximate surface area is 188 Å². The van der Waals surface area contributed by atoms with Crippen molar-refractivity contribution < 1.29 is 19.1 Å². The first kappa shape index (κ1) is 21.9. The lowest BCUT2D eigenvalue weighted by Gasteiger charge is -2.25. The molecule has 0 aromatic heterocycles. The van der Waals surface area contributed by atoms with Crippen LogP contribution >= 0.6 is 0 Å². The van der Waals surface area contributed by atoms with Crippen LogP contribution in [-0.2, 0) is 20.8 Å². The zero-order valence-electron chi connectivity index (χ0n) is 18.3. The van der Waals surface area contributed by atoms with Gasteiger partial charge in [0.15, 0.2) is 0 Å². The molecule has 0 aliphatic carbocycles. The fraction of sp³-hybridized carbons (Fsp3) is 0.400. The quantitative estimate of drug-likeness (QED) is 0.724. The molecule has 168 valence electrons. The van der Waals surface area contributed by atoms with E-state index in [1.54, 1.807) is 24.1 Å². The number of anilines is 1. The van der Waals surface area contributed by atoms with Crippen LogP contribution in [0.2, 0.25) is 0 Å². The first-order valence-electron chi connectivity index (χ1n) is 11.1. The third-order valence-electron chi connectivity index (χ3n) is 6.19. The van der Waals surface area contributed by atoms with Crippen molar-refractivity contribution in [3.8, 4) is 5.75 Å². The Bertz CT molecular complexity index is 955. The molecule has 1 N–H and O–H groups in total. The van der Waals surface area contributed by atoms with Crippen molar-refractivity contribution in [3.05, 3.63) is 60.2 Å². The van der Waals surface area contributed by atoms with E-state index in [2.05, 4.69) is 5.32 Å². The molecule has 0 bridgehead atoms. The van der Waals surface area contributed by atoms with Gasteiger partial charge in [0.1, 0.15) is 11.8 Å². The van der Waals surface area contributed by atoms with E-state index in [4.69, 9.17) is 4.74 Å². The molecule has 2 aromatic carbocycles. The number of hydrogen-bond donors (Lipinski definition) is 1. The first-order valence-corrected chi connectivity index (χ1v) is 11.1. The van der Waals surface area contributed by atoms with E-state index in [9.17, 15) is 14.4 Å². The molecule has 4 rings (SSSR count). The highest BCUT2D eigenvalue weighted by atomic mass is 16.5. The normalized spacial score (nSPS) is 19.2. The van der Waals surface area contributed by atoms with Crippen LogP contribution in [-0.4, -0.2) is 55.4 Å². The van der Waals surface area contributed by atoms with Crippen molar-refractivity contribution in [1.29, 1.82) is 0 Å². The Balaban J connectivity index is 1.45. The van der Waals surface area contributed by atoms with Gasteiger partial charge in [-0.1, -0.05) is 30.3 Å². The van der Waals surface area contributed by atoms with Gasteiger partial charge in [-0.15, -0.1) is 0 Å². The second-order valence-electron chi connectivity index (χ2n) is 8.39. The summed E-state index contributed by atoms with van der Waals surface area (Å²) in [4.78, 5) is 42.3. The zero-order chi connectivity index (χ0) is 22.5. The summed E-state index contributed by atoms with van der Waals surface area (Å²) in [7, 11) is 1.59. The van der Waals surface area contributed by atoms with E-state index in [1.165, 1.54) is 0 Å². The van der Waals surface area contributed by atoms with Gasteiger partial charge in [0, 0.05) is 38.2 Å². The Morgan fingerprint density at radius 1 is 1.06 bits per heavy atom. The average Bonchev–Trinajstić information content (AvgIpc) is 3.49. The van der Waals surface area contributed by atoms with Crippen LogP contribution in [0, 0.1) is 5.92 Å². The van der Waals surface area contributed by atoms with Gasteiger partial charge in [0.05, 0.1) is 13.0 Å². The van der Waals surface area contributed by atoms with E-state index in [-0.39, 0.29) is 24.1 Å². The molecular formula is C25H29N3O4. The van der Waals surface area contributed by atoms with Crippen LogP contribution in [0.5, 0.6) is 5.75 Å². The van der Waals surface area contributed by atoms with Crippen LogP contribution in [0.25, 0.3) is 0 Å². The lowest BCUT2D eigenvalue weighted by Crippen LogP contribution is -2.50. The predicted octanol–water partition coefficient (Wildman–Crippen LogP) is 2.40. The van der Waals surface area contributed by atoms with Crippen molar-refractivity contribution >= 4 is 23.4 Å². The number of benzene rings is 2. The molecule has 2 aliphatic heterocycles. The smallest absolute Gasteiger partial charge is 0.245 e. The van der Waals surface area contributed by atoms with Crippen LogP contribution < -0.4 is 15.0 Å². The highest BCUT2D eigenvalue weighted by Crippen LogP contribution is 2.27. The Morgan fingerprint density at radius 2 is 1.75 bits per heavy atom. The Morgan fingerprint density at radius 3 is 2.41 bits per heavy atom. The van der Waals surface area contributed by atoms with Crippen LogP contribution in [0.4, 0.5) is 5.69 Å². The highest BCUT2D eigenvalue weighted by molar-refractivity contribution is 6.01. The number of rotatable bonds is 7. The molecule has 2 aromatic rings. The monoisotopic (exact) mass is 435 g/mol. The van der Waals surface area contributed by atoms with E-state index >= 15 is 0 Å². The lowest BCUT2D eigenvalue weighted by molar-refractivity contribution is -0.136. The molecule has 0 spiro atoms. The summed E-state index contributed by atoms with van der Waals surface area (Å²) in [6.45, 7) is 1.76. The fourth-order valence-corrected chi connectivity index (χ4v) is 4.39. The van der Waals surface area contributed by atoms with Gasteiger partial charge >= 0.3 is 0 Å². The standard InChI is InChI=1S/C25H29N3O4/c1-32-21-11-9-20(10-12-21)28-17-19(16-23(28)29)24(30)26-22(15-18-7-3-2-4-8-18)25(31)27-13-5-6-14-27/h2-4,7-12,19,22H,5-6,13-17H2,1H3,(H,26,30). The van der Waals surface area contributed by atoms with E-state index in [0.29, 0.717) is 18.7 Å². The topological polar surface area (TPSA) is 79.0 Å². The molecule has 2 saturated heterocycles. The molecule has 2 aliphatic rings. The Hall–Kier alpha value is -3.35. The number of likely N-dealkylation sites (tertiary alicyclic amines) is 1. The van der Waals surface area contributed by atoms with Crippen molar-refractivity contribution in [2.24, 2.45) is 5.92 Å². The van der Waals surface area contributed by atoms with E-state index < -0.39 is 12.0 Å². The minimum atomic E-state index is -0.631.